The molecule has 1 aromatic rings. The molecule has 0 saturated heterocycles. The van der Waals surface area contributed by atoms with Crippen molar-refractivity contribution in [1.29, 1.82) is 0 Å². The molecule has 0 N–H and O–H groups in total. The lowest BCUT2D eigenvalue weighted by Gasteiger charge is -2.04. The van der Waals surface area contributed by atoms with Gasteiger partial charge in [-0.05, 0) is 18.6 Å². The Hall–Kier alpha value is -1.50. The molecule has 0 amide bonds. The van der Waals surface area contributed by atoms with Gasteiger partial charge in [-0.15, -0.1) is 0 Å². The van der Waals surface area contributed by atoms with Crippen LogP contribution in [0.5, 0.6) is 5.75 Å². The summed E-state index contributed by atoms with van der Waals surface area (Å²) >= 11 is 3.12. The monoisotopic (exact) mass is 322 g/mol. The van der Waals surface area contributed by atoms with Gasteiger partial charge in [0.15, 0.2) is 11.6 Å². The van der Waals surface area contributed by atoms with Crippen molar-refractivity contribution in [2.75, 3.05) is 11.9 Å². The molecule has 1 aromatic carbocycles. The maximum Gasteiger partial charge on any atom is 0.422 e. The molecular weight excluding hydrogens is 314 g/mol. The lowest BCUT2D eigenvalue weighted by molar-refractivity contribution is -0.162. The lowest BCUT2D eigenvalue weighted by atomic mass is 10.3. The Bertz CT molecular complexity index is 451. The Balaban J connectivity index is 2.53. The van der Waals surface area contributed by atoms with E-state index >= 15 is 0 Å². The van der Waals surface area contributed by atoms with Crippen molar-refractivity contribution in [3.8, 4) is 5.75 Å². The van der Waals surface area contributed by atoms with E-state index in [0.717, 1.165) is 12.1 Å². The van der Waals surface area contributed by atoms with E-state index in [9.17, 15) is 18.4 Å². The average Bonchev–Trinajstić information content (AvgIpc) is 2.34. The van der Waals surface area contributed by atoms with Crippen LogP contribution in [0.3, 0.4) is 0 Å². The van der Waals surface area contributed by atoms with Gasteiger partial charge in [0.25, 0.3) is 0 Å². The highest BCUT2D eigenvalue weighted by Crippen LogP contribution is 2.15. The Morgan fingerprint density at radius 3 is 2.50 bits per heavy atom. The molecule has 0 spiro atoms. The van der Waals surface area contributed by atoms with Crippen molar-refractivity contribution in [1.82, 2.24) is 0 Å². The van der Waals surface area contributed by atoms with E-state index in [2.05, 4.69) is 25.4 Å². The first-order chi connectivity index (χ1) is 8.54. The largest absolute Gasteiger partial charge is 0.457 e. The molecule has 7 heteroatoms. The second kappa shape index (κ2) is 7.05. The number of ether oxygens (including phenoxy) is 2. The molecule has 0 heterocycles. The number of hydrogen-bond donors (Lipinski definition) is 0. The van der Waals surface area contributed by atoms with Gasteiger partial charge in [-0.25, -0.2) is 18.4 Å². The number of carbonyl (C=O) groups excluding carboxylic acids is 2. The topological polar surface area (TPSA) is 52.6 Å². The molecule has 98 valence electrons. The van der Waals surface area contributed by atoms with Crippen molar-refractivity contribution >= 4 is 27.9 Å². The zero-order valence-electron chi connectivity index (χ0n) is 9.12. The summed E-state index contributed by atoms with van der Waals surface area (Å²) < 4.78 is 34.5. The molecule has 0 aromatic heterocycles. The molecule has 0 atom stereocenters. The average molecular weight is 323 g/mol. The Morgan fingerprint density at radius 2 is 1.89 bits per heavy atom. The Morgan fingerprint density at radius 1 is 1.17 bits per heavy atom. The van der Waals surface area contributed by atoms with Crippen LogP contribution < -0.4 is 4.74 Å². The number of halogens is 3. The molecule has 0 unspecified atom stereocenters. The van der Waals surface area contributed by atoms with E-state index in [1.165, 1.54) is 0 Å². The van der Waals surface area contributed by atoms with Crippen LogP contribution >= 0.6 is 15.9 Å². The molecule has 0 bridgehead atoms. The number of benzene rings is 1. The molecule has 18 heavy (non-hydrogen) atoms. The fourth-order valence-corrected chi connectivity index (χ4v) is 1.20. The number of hydrogen-bond acceptors (Lipinski definition) is 4. The second-order valence-corrected chi connectivity index (χ2v) is 3.94. The summed E-state index contributed by atoms with van der Waals surface area (Å²) in [5.74, 6) is -4.98. The van der Waals surface area contributed by atoms with Crippen molar-refractivity contribution < 1.29 is 27.8 Å². The minimum Gasteiger partial charge on any atom is -0.457 e. The molecular formula is C11H9BrF2O4. The minimum absolute atomic E-state index is 0.0664. The zero-order chi connectivity index (χ0) is 13.5. The van der Waals surface area contributed by atoms with E-state index in [0.29, 0.717) is 17.8 Å². The van der Waals surface area contributed by atoms with Gasteiger partial charge in [-0.1, -0.05) is 15.9 Å². The Kier molecular flexibility index (Phi) is 5.70. The van der Waals surface area contributed by atoms with Gasteiger partial charge in [-0.3, -0.25) is 0 Å². The maximum atomic E-state index is 12.8. The van der Waals surface area contributed by atoms with Gasteiger partial charge in [-0.2, -0.15) is 0 Å². The maximum absolute atomic E-state index is 12.8. The fourth-order valence-electron chi connectivity index (χ4n) is 0.967. The SMILES string of the molecule is O=C(OCCCBr)C(=O)Oc1ccc(F)c(F)c1. The number of alkyl halides is 1. The van der Waals surface area contributed by atoms with Crippen LogP contribution in [0.4, 0.5) is 8.78 Å². The number of rotatable bonds is 4. The summed E-state index contributed by atoms with van der Waals surface area (Å²) in [7, 11) is 0. The lowest BCUT2D eigenvalue weighted by Crippen LogP contribution is -2.23. The molecule has 0 radical (unpaired) electrons. The number of esters is 2. The smallest absolute Gasteiger partial charge is 0.422 e. The van der Waals surface area contributed by atoms with Gasteiger partial charge >= 0.3 is 11.9 Å². The van der Waals surface area contributed by atoms with Crippen LogP contribution in [0.25, 0.3) is 0 Å². The van der Waals surface area contributed by atoms with Crippen LogP contribution in [0.1, 0.15) is 6.42 Å². The summed E-state index contributed by atoms with van der Waals surface area (Å²) in [6.07, 6.45) is 0.546. The van der Waals surface area contributed by atoms with Gasteiger partial charge < -0.3 is 9.47 Å². The summed E-state index contributed by atoms with van der Waals surface area (Å²) in [6.45, 7) is 0.0664. The van der Waals surface area contributed by atoms with E-state index in [-0.39, 0.29) is 12.4 Å². The van der Waals surface area contributed by atoms with Crippen molar-refractivity contribution in [2.45, 2.75) is 6.42 Å². The molecule has 0 saturated carbocycles. The van der Waals surface area contributed by atoms with Crippen molar-refractivity contribution in [2.24, 2.45) is 0 Å². The third-order valence-electron chi connectivity index (χ3n) is 1.78. The van der Waals surface area contributed by atoms with Gasteiger partial charge in [0.2, 0.25) is 0 Å². The molecule has 0 aliphatic carbocycles. The summed E-state index contributed by atoms with van der Waals surface area (Å²) in [6, 6.07) is 2.48. The predicted octanol–water partition coefficient (Wildman–Crippen LogP) is 2.20. The molecule has 1 rings (SSSR count). The standard InChI is InChI=1S/C11H9BrF2O4/c12-4-1-5-17-10(15)11(16)18-7-2-3-8(13)9(14)6-7/h2-3,6H,1,4-5H2. The quantitative estimate of drug-likeness (QED) is 0.280. The first kappa shape index (κ1) is 14.6. The van der Waals surface area contributed by atoms with Crippen LogP contribution in [-0.4, -0.2) is 23.9 Å². The highest BCUT2D eigenvalue weighted by molar-refractivity contribution is 9.09. The number of carbonyl (C=O) groups is 2. The van der Waals surface area contributed by atoms with Gasteiger partial charge in [0.05, 0.1) is 6.61 Å². The van der Waals surface area contributed by atoms with Crippen LogP contribution in [0, 0.1) is 11.6 Å². The van der Waals surface area contributed by atoms with E-state index < -0.39 is 23.6 Å². The highest BCUT2D eigenvalue weighted by atomic mass is 79.9. The van der Waals surface area contributed by atoms with E-state index in [1.54, 1.807) is 0 Å². The zero-order valence-corrected chi connectivity index (χ0v) is 10.7. The molecule has 4 nitrogen and oxygen atoms in total. The summed E-state index contributed by atoms with van der Waals surface area (Å²) in [5, 5.41) is 0.624. The summed E-state index contributed by atoms with van der Waals surface area (Å²) in [5.41, 5.74) is 0. The van der Waals surface area contributed by atoms with Crippen molar-refractivity contribution in [3.63, 3.8) is 0 Å². The fraction of sp³-hybridized carbons (Fsp3) is 0.273. The van der Waals surface area contributed by atoms with Crippen LogP contribution in [0.2, 0.25) is 0 Å². The highest BCUT2D eigenvalue weighted by Gasteiger charge is 2.18. The van der Waals surface area contributed by atoms with Crippen LogP contribution in [0.15, 0.2) is 18.2 Å². The van der Waals surface area contributed by atoms with Gasteiger partial charge in [0.1, 0.15) is 5.75 Å². The van der Waals surface area contributed by atoms with Crippen molar-refractivity contribution in [3.05, 3.63) is 29.8 Å². The third-order valence-corrected chi connectivity index (χ3v) is 2.34. The first-order valence-corrected chi connectivity index (χ1v) is 6.06. The molecule has 0 aliphatic rings. The third kappa shape index (κ3) is 4.40. The van der Waals surface area contributed by atoms with E-state index in [4.69, 9.17) is 0 Å². The molecule has 0 aliphatic heterocycles. The molecule has 0 fully saturated rings. The normalized spacial score (nSPS) is 9.94. The summed E-state index contributed by atoms with van der Waals surface area (Å²) in [4.78, 5) is 22.3. The first-order valence-electron chi connectivity index (χ1n) is 4.94. The van der Waals surface area contributed by atoms with Crippen LogP contribution in [-0.2, 0) is 14.3 Å². The van der Waals surface area contributed by atoms with E-state index in [1.807, 2.05) is 0 Å². The Labute approximate surface area is 110 Å². The van der Waals surface area contributed by atoms with Gasteiger partial charge in [0, 0.05) is 11.4 Å². The second-order valence-electron chi connectivity index (χ2n) is 3.14. The predicted molar refractivity (Wildman–Crippen MR) is 61.4 cm³/mol. The minimum atomic E-state index is -1.28.